The molecule has 3 amide bonds. The third-order valence-corrected chi connectivity index (χ3v) is 6.05. The number of rotatable bonds is 8. The number of likely N-dealkylation sites (N-methyl/N-ethyl adjacent to an activating group) is 1. The van der Waals surface area contributed by atoms with E-state index in [1.54, 1.807) is 54.6 Å². The number of nitrogens with zero attached hydrogens (tertiary/aromatic N) is 2. The van der Waals surface area contributed by atoms with E-state index in [0.717, 1.165) is 4.90 Å². The van der Waals surface area contributed by atoms with Gasteiger partial charge >= 0.3 is 12.4 Å². The van der Waals surface area contributed by atoms with Crippen LogP contribution in [0.5, 0.6) is 0 Å². The molecule has 0 radical (unpaired) electrons. The second-order valence-corrected chi connectivity index (χ2v) is 8.76. The van der Waals surface area contributed by atoms with Gasteiger partial charge in [-0.15, -0.1) is 0 Å². The molecule has 0 fully saturated rings. The molecule has 204 valence electrons. The summed E-state index contributed by atoms with van der Waals surface area (Å²) in [4.78, 5) is 43.7. The minimum absolute atomic E-state index is 0.250. The zero-order chi connectivity index (χ0) is 28.3. The van der Waals surface area contributed by atoms with E-state index in [-0.39, 0.29) is 5.71 Å². The lowest BCUT2D eigenvalue weighted by Gasteiger charge is -2.27. The minimum atomic E-state index is -5.02. The highest BCUT2D eigenvalue weighted by Crippen LogP contribution is 2.34. The Kier molecular flexibility index (Phi) is 8.48. The summed E-state index contributed by atoms with van der Waals surface area (Å²) in [5.74, 6) is -8.18. The van der Waals surface area contributed by atoms with Gasteiger partial charge in [-0.3, -0.25) is 14.4 Å². The summed E-state index contributed by atoms with van der Waals surface area (Å²) in [6.07, 6.45) is -16.2. The van der Waals surface area contributed by atoms with E-state index in [2.05, 4.69) is 10.3 Å². The van der Waals surface area contributed by atoms with Gasteiger partial charge in [0, 0.05) is 30.5 Å². The molecule has 7 nitrogen and oxygen atoms in total. The number of hydrogen-bond donors (Lipinski definition) is 2. The van der Waals surface area contributed by atoms with Crippen LogP contribution in [0.15, 0.2) is 59.6 Å². The van der Waals surface area contributed by atoms with E-state index >= 15 is 0 Å². The lowest BCUT2D eigenvalue weighted by atomic mass is 9.84. The van der Waals surface area contributed by atoms with Crippen molar-refractivity contribution in [2.75, 3.05) is 11.9 Å². The molecule has 1 aliphatic heterocycles. The Labute approximate surface area is 213 Å². The molecule has 13 heteroatoms. The van der Waals surface area contributed by atoms with E-state index in [9.17, 15) is 40.7 Å². The average molecular weight is 542 g/mol. The molecular weight excluding hydrogens is 518 g/mol. The fraction of sp³-hybridized carbons (Fsp3) is 0.360. The number of nitrogens with two attached hydrogens (primary N) is 1. The van der Waals surface area contributed by atoms with Crippen LogP contribution in [0, 0.1) is 11.8 Å². The number of carbonyl (C=O) groups excluding carboxylic acids is 3. The third kappa shape index (κ3) is 7.11. The average Bonchev–Trinajstić information content (AvgIpc) is 2.93. The molecular formula is C25H24F6N4O3. The topological polar surface area (TPSA) is 105 Å². The van der Waals surface area contributed by atoms with Gasteiger partial charge in [-0.2, -0.15) is 26.3 Å². The summed E-state index contributed by atoms with van der Waals surface area (Å²) in [7, 11) is 1.38. The molecule has 38 heavy (non-hydrogen) atoms. The van der Waals surface area contributed by atoms with Gasteiger partial charge in [0.2, 0.25) is 18.0 Å². The molecule has 0 saturated carbocycles. The molecule has 0 spiro atoms. The largest absolute Gasteiger partial charge is 0.389 e. The second-order valence-electron chi connectivity index (χ2n) is 8.76. The first-order valence-electron chi connectivity index (χ1n) is 11.4. The number of amides is 3. The highest BCUT2D eigenvalue weighted by Gasteiger charge is 2.44. The molecule has 0 aliphatic carbocycles. The van der Waals surface area contributed by atoms with Crippen molar-refractivity contribution < 1.29 is 40.7 Å². The highest BCUT2D eigenvalue weighted by molar-refractivity contribution is 6.20. The Bertz CT molecular complexity index is 1210. The van der Waals surface area contributed by atoms with Crippen molar-refractivity contribution in [1.82, 2.24) is 5.32 Å². The molecule has 3 rings (SSSR count). The van der Waals surface area contributed by atoms with Gasteiger partial charge in [-0.25, -0.2) is 4.99 Å². The third-order valence-electron chi connectivity index (χ3n) is 6.05. The molecule has 0 unspecified atom stereocenters. The number of primary amides is 1. The van der Waals surface area contributed by atoms with E-state index in [1.165, 1.54) is 7.05 Å². The van der Waals surface area contributed by atoms with Crippen molar-refractivity contribution in [2.24, 2.45) is 22.6 Å². The number of halogens is 6. The number of para-hydroxylation sites is 1. The van der Waals surface area contributed by atoms with E-state index < -0.39 is 67.3 Å². The highest BCUT2D eigenvalue weighted by atomic mass is 19.4. The fourth-order valence-electron chi connectivity index (χ4n) is 4.21. The summed E-state index contributed by atoms with van der Waals surface area (Å²) in [5, 5.41) is 2.12. The number of benzodiazepines with no additional fused rings is 1. The number of anilines is 1. The van der Waals surface area contributed by atoms with Crippen molar-refractivity contribution in [3.63, 3.8) is 0 Å². The summed E-state index contributed by atoms with van der Waals surface area (Å²) in [5.41, 5.74) is 6.82. The molecule has 3 atom stereocenters. The van der Waals surface area contributed by atoms with Gasteiger partial charge in [0.15, 0.2) is 0 Å². The van der Waals surface area contributed by atoms with Crippen LogP contribution >= 0.6 is 0 Å². The molecule has 3 N–H and O–H groups in total. The zero-order valence-corrected chi connectivity index (χ0v) is 20.0. The monoisotopic (exact) mass is 542 g/mol. The maximum atomic E-state index is 13.4. The maximum absolute atomic E-state index is 13.4. The van der Waals surface area contributed by atoms with Crippen LogP contribution < -0.4 is 16.0 Å². The molecule has 0 saturated heterocycles. The van der Waals surface area contributed by atoms with Crippen molar-refractivity contribution in [2.45, 2.75) is 37.8 Å². The SMILES string of the molecule is CN1C(=O)[C@@H](NC(=O)[C@@H](CC(F)(F)F)[C@@H](CCC(F)(F)F)C(N)=O)N=C(c2ccccc2)c2ccccc21. The number of alkyl halides is 6. The lowest BCUT2D eigenvalue weighted by molar-refractivity contribution is -0.164. The molecule has 2 aromatic carbocycles. The van der Waals surface area contributed by atoms with E-state index in [4.69, 9.17) is 5.73 Å². The minimum Gasteiger partial charge on any atom is -0.369 e. The Morgan fingerprint density at radius 2 is 1.58 bits per heavy atom. The van der Waals surface area contributed by atoms with Crippen molar-refractivity contribution in [3.05, 3.63) is 65.7 Å². The number of benzene rings is 2. The molecule has 0 bridgehead atoms. The van der Waals surface area contributed by atoms with Crippen molar-refractivity contribution >= 4 is 29.1 Å². The zero-order valence-electron chi connectivity index (χ0n) is 20.0. The standard InChI is InChI=1S/C25H24F6N4O3/c1-35-18-10-6-5-9-16(18)19(14-7-3-2-4-8-14)33-21(23(35)38)34-22(37)17(13-25(29,30)31)15(20(32)36)11-12-24(26,27)28/h2-10,15,17,21H,11-13H2,1H3,(H2,32,36)(H,34,37)/t15-,17+,21-/m1/s1. The second kappa shape index (κ2) is 11.2. The molecule has 2 aromatic rings. The lowest BCUT2D eigenvalue weighted by Crippen LogP contribution is -2.50. The smallest absolute Gasteiger partial charge is 0.369 e. The number of fused-ring (bicyclic) bond motifs is 1. The first kappa shape index (κ1) is 28.7. The summed E-state index contributed by atoms with van der Waals surface area (Å²) >= 11 is 0. The number of nitrogens with one attached hydrogen (secondary N) is 1. The molecule has 0 aromatic heterocycles. The van der Waals surface area contributed by atoms with Crippen LogP contribution in [0.4, 0.5) is 32.0 Å². The molecule has 1 aliphatic rings. The van der Waals surface area contributed by atoms with Gasteiger partial charge in [-0.05, 0) is 12.5 Å². The van der Waals surface area contributed by atoms with E-state index in [0.29, 0.717) is 16.8 Å². The van der Waals surface area contributed by atoms with Crippen molar-refractivity contribution in [1.29, 1.82) is 0 Å². The van der Waals surface area contributed by atoms with Crippen LogP contribution in [0.2, 0.25) is 0 Å². The van der Waals surface area contributed by atoms with Gasteiger partial charge < -0.3 is 16.0 Å². The van der Waals surface area contributed by atoms with Crippen LogP contribution in [0.3, 0.4) is 0 Å². The summed E-state index contributed by atoms with van der Waals surface area (Å²) < 4.78 is 78.4. The van der Waals surface area contributed by atoms with Crippen LogP contribution in [-0.2, 0) is 14.4 Å². The summed E-state index contributed by atoms with van der Waals surface area (Å²) in [6.45, 7) is 0. The van der Waals surface area contributed by atoms with Crippen LogP contribution in [0.25, 0.3) is 0 Å². The Morgan fingerprint density at radius 1 is 0.974 bits per heavy atom. The van der Waals surface area contributed by atoms with Gasteiger partial charge in [-0.1, -0.05) is 48.5 Å². The predicted molar refractivity (Wildman–Crippen MR) is 126 cm³/mol. The first-order valence-corrected chi connectivity index (χ1v) is 11.4. The Balaban J connectivity index is 2.02. The number of aliphatic imine (C=N–C) groups is 1. The van der Waals surface area contributed by atoms with Gasteiger partial charge in [0.25, 0.3) is 5.91 Å². The van der Waals surface area contributed by atoms with Crippen molar-refractivity contribution in [3.8, 4) is 0 Å². The maximum Gasteiger partial charge on any atom is 0.389 e. The predicted octanol–water partition coefficient (Wildman–Crippen LogP) is 3.96. The Morgan fingerprint density at radius 3 is 2.16 bits per heavy atom. The number of carbonyl (C=O) groups is 3. The van der Waals surface area contributed by atoms with E-state index in [1.807, 2.05) is 0 Å². The quantitative estimate of drug-likeness (QED) is 0.494. The van der Waals surface area contributed by atoms with Gasteiger partial charge in [0.05, 0.1) is 23.7 Å². The Hall–Kier alpha value is -3.90. The number of hydrogen-bond acceptors (Lipinski definition) is 4. The van der Waals surface area contributed by atoms with Crippen LogP contribution in [0.1, 0.15) is 30.4 Å². The van der Waals surface area contributed by atoms with Crippen LogP contribution in [-0.4, -0.2) is 49.0 Å². The van der Waals surface area contributed by atoms with Gasteiger partial charge in [0.1, 0.15) is 0 Å². The normalized spacial score (nSPS) is 17.7. The molecule has 1 heterocycles. The fourth-order valence-corrected chi connectivity index (χ4v) is 4.21. The summed E-state index contributed by atoms with van der Waals surface area (Å²) in [6, 6.07) is 15.1. The first-order chi connectivity index (χ1) is 17.7.